The maximum absolute atomic E-state index is 6.28. The lowest BCUT2D eigenvalue weighted by Crippen LogP contribution is -2.03. The summed E-state index contributed by atoms with van der Waals surface area (Å²) >= 11 is 1.71. The van der Waals surface area contributed by atoms with Crippen LogP contribution in [0, 0.1) is 0 Å². The van der Waals surface area contributed by atoms with Gasteiger partial charge in [-0.2, -0.15) is 4.98 Å². The lowest BCUT2D eigenvalue weighted by molar-refractivity contribution is 0.652. The van der Waals surface area contributed by atoms with Crippen LogP contribution in [0.25, 0.3) is 163 Å². The van der Waals surface area contributed by atoms with Gasteiger partial charge in [0.05, 0.1) is 22.1 Å². The van der Waals surface area contributed by atoms with E-state index in [-0.39, 0.29) is 0 Å². The van der Waals surface area contributed by atoms with Crippen LogP contribution >= 0.6 is 11.3 Å². The van der Waals surface area contributed by atoms with E-state index in [1.165, 1.54) is 58.6 Å². The van der Waals surface area contributed by atoms with Gasteiger partial charge in [0.25, 0.3) is 0 Å². The number of fused-ring (bicyclic) bond motifs is 16. The highest BCUT2D eigenvalue weighted by Gasteiger charge is 2.25. The number of hydrogen-bond donors (Lipinski definition) is 0. The molecule has 18 aromatic rings. The van der Waals surface area contributed by atoms with Crippen LogP contribution < -0.4 is 0 Å². The van der Waals surface area contributed by atoms with Crippen LogP contribution in [0.5, 0.6) is 0 Å². The van der Waals surface area contributed by atoms with Gasteiger partial charge in [-0.15, -0.1) is 11.3 Å². The minimum Gasteiger partial charge on any atom is -0.436 e. The first-order valence-corrected chi connectivity index (χ1v) is 27.7. The fourth-order valence-corrected chi connectivity index (χ4v) is 13.3. The highest BCUT2D eigenvalue weighted by atomic mass is 32.1. The van der Waals surface area contributed by atoms with Gasteiger partial charge in [0.2, 0.25) is 5.71 Å². The number of thiophene rings is 1. The van der Waals surface area contributed by atoms with E-state index < -0.39 is 0 Å². The molecule has 0 aliphatic heterocycles. The molecule has 0 radical (unpaired) electrons. The number of para-hydroxylation sites is 3. The molecule has 6 heterocycles. The molecule has 372 valence electrons. The molecule has 0 fully saturated rings. The van der Waals surface area contributed by atoms with E-state index in [0.717, 1.165) is 99.2 Å². The number of benzene rings is 12. The van der Waals surface area contributed by atoms with Crippen molar-refractivity contribution in [3.8, 4) is 34.2 Å². The highest BCUT2D eigenvalue weighted by molar-refractivity contribution is 7.25. The lowest BCUT2D eigenvalue weighted by atomic mass is 10.0. The van der Waals surface area contributed by atoms with Crippen molar-refractivity contribution in [3.63, 3.8) is 0 Å². The van der Waals surface area contributed by atoms with Crippen molar-refractivity contribution in [3.05, 3.63) is 255 Å². The fraction of sp³-hybridized carbons (Fsp3) is 0. The third-order valence-electron chi connectivity index (χ3n) is 16.0. The Balaban J connectivity index is 0.000000128. The van der Waals surface area contributed by atoms with Crippen molar-refractivity contribution in [1.29, 1.82) is 0 Å². The maximum atomic E-state index is 6.28. The van der Waals surface area contributed by atoms with Crippen LogP contribution in [-0.2, 0) is 0 Å². The molecule has 0 N–H and O–H groups in total. The molecular weight excluding hydrogens is 997 g/mol. The van der Waals surface area contributed by atoms with Crippen molar-refractivity contribution in [2.75, 3.05) is 0 Å². The van der Waals surface area contributed by atoms with Crippen molar-refractivity contribution in [2.24, 2.45) is 0 Å². The van der Waals surface area contributed by atoms with Gasteiger partial charge in [-0.3, -0.25) is 9.13 Å². The first-order chi connectivity index (χ1) is 39.7. The topological polar surface area (TPSA) is 74.6 Å². The number of nitrogens with zero attached hydrogens (tertiary/aromatic N) is 6. The molecule has 6 aromatic heterocycles. The van der Waals surface area contributed by atoms with Gasteiger partial charge in [0.1, 0.15) is 32.8 Å². The molecule has 8 heteroatoms. The monoisotopic (exact) mass is 1040 g/mol. The largest absolute Gasteiger partial charge is 0.436 e. The first kappa shape index (κ1) is 44.6. The minimum atomic E-state index is 0.534. The number of rotatable bonds is 4. The number of aromatic nitrogens is 6. The summed E-state index contributed by atoms with van der Waals surface area (Å²) in [5.41, 5.74) is 11.3. The van der Waals surface area contributed by atoms with Gasteiger partial charge in [-0.1, -0.05) is 200 Å². The normalized spacial score (nSPS) is 12.0. The van der Waals surface area contributed by atoms with E-state index in [9.17, 15) is 0 Å². The molecule has 0 saturated heterocycles. The summed E-state index contributed by atoms with van der Waals surface area (Å²) in [6, 6.07) is 89.8. The molecule has 0 aliphatic rings. The molecule has 80 heavy (non-hydrogen) atoms. The maximum Gasteiger partial charge on any atom is 0.248 e. The Bertz CT molecular complexity index is 5230. The smallest absolute Gasteiger partial charge is 0.248 e. The molecule has 0 spiro atoms. The van der Waals surface area contributed by atoms with E-state index in [2.05, 4.69) is 246 Å². The second kappa shape index (κ2) is 17.5. The van der Waals surface area contributed by atoms with Gasteiger partial charge in [-0.05, 0) is 97.7 Å². The summed E-state index contributed by atoms with van der Waals surface area (Å²) < 4.78 is 12.1. The number of hydrogen-bond acceptors (Lipinski definition) is 6. The summed E-state index contributed by atoms with van der Waals surface area (Å²) in [5.74, 6) is 1.61. The van der Waals surface area contributed by atoms with E-state index >= 15 is 0 Å². The highest BCUT2D eigenvalue weighted by Crippen LogP contribution is 2.43. The molecule has 7 nitrogen and oxygen atoms in total. The van der Waals surface area contributed by atoms with Crippen molar-refractivity contribution in [1.82, 2.24) is 29.1 Å². The van der Waals surface area contributed by atoms with Gasteiger partial charge in [0, 0.05) is 48.1 Å². The zero-order valence-electron chi connectivity index (χ0n) is 42.7. The quantitative estimate of drug-likeness (QED) is 0.176. The number of furan rings is 1. The van der Waals surface area contributed by atoms with E-state index in [4.69, 9.17) is 24.4 Å². The molecule has 0 aliphatic carbocycles. The molecule has 0 bridgehead atoms. The van der Waals surface area contributed by atoms with Crippen molar-refractivity contribution >= 4 is 141 Å². The zero-order chi connectivity index (χ0) is 52.4. The first-order valence-electron chi connectivity index (χ1n) is 26.9. The Kier molecular flexibility index (Phi) is 9.75. The Hall–Kier alpha value is -10.5. The minimum absolute atomic E-state index is 0.534. The summed E-state index contributed by atoms with van der Waals surface area (Å²) in [7, 11) is 0. The molecule has 18 rings (SSSR count). The summed E-state index contributed by atoms with van der Waals surface area (Å²) in [6.45, 7) is 0. The van der Waals surface area contributed by atoms with E-state index in [0.29, 0.717) is 5.71 Å². The Labute approximate surface area is 460 Å². The standard InChI is InChI=1S/C36H21N3O.C36H21N3S/c2*1-2-12-24-21-31-29(20-23(24)11-1)26-15-5-7-18-30(26)39(31)35-33(27-17-9-13-22-10-3-4-14-25(22)27)37-34-28-16-6-8-19-32(28)40-36(34)38-35/h2*1-21H. The van der Waals surface area contributed by atoms with Crippen LogP contribution in [0.15, 0.2) is 259 Å². The third kappa shape index (κ3) is 6.79. The van der Waals surface area contributed by atoms with Crippen LogP contribution in [0.1, 0.15) is 0 Å². The second-order valence-corrected chi connectivity index (χ2v) is 21.5. The molecule has 12 aromatic carbocycles. The predicted molar refractivity (Wildman–Crippen MR) is 334 cm³/mol. The van der Waals surface area contributed by atoms with Gasteiger partial charge >= 0.3 is 0 Å². The van der Waals surface area contributed by atoms with Crippen LogP contribution in [0.3, 0.4) is 0 Å². The van der Waals surface area contributed by atoms with E-state index in [1.807, 2.05) is 18.2 Å². The predicted octanol–water partition coefficient (Wildman–Crippen LogP) is 19.4. The average Bonchev–Trinajstić information content (AvgIpc) is 4.39. The van der Waals surface area contributed by atoms with Crippen LogP contribution in [0.2, 0.25) is 0 Å². The molecule has 0 atom stereocenters. The molecule has 0 unspecified atom stereocenters. The Morgan fingerprint density at radius 3 is 1.30 bits per heavy atom. The van der Waals surface area contributed by atoms with Crippen LogP contribution in [0.4, 0.5) is 0 Å². The summed E-state index contributed by atoms with van der Waals surface area (Å²) in [6.07, 6.45) is 0. The molecular formula is C72H42N6OS. The summed E-state index contributed by atoms with van der Waals surface area (Å²) in [4.78, 5) is 22.4. The van der Waals surface area contributed by atoms with Crippen molar-refractivity contribution < 1.29 is 4.42 Å². The Morgan fingerprint density at radius 1 is 0.300 bits per heavy atom. The average molecular weight is 1040 g/mol. The third-order valence-corrected chi connectivity index (χ3v) is 17.0. The fourth-order valence-electron chi connectivity index (χ4n) is 12.3. The molecule has 0 saturated carbocycles. The lowest BCUT2D eigenvalue weighted by Gasteiger charge is -2.14. The second-order valence-electron chi connectivity index (χ2n) is 20.5. The van der Waals surface area contributed by atoms with Crippen LogP contribution in [-0.4, -0.2) is 29.1 Å². The van der Waals surface area contributed by atoms with E-state index in [1.54, 1.807) is 11.3 Å². The Morgan fingerprint density at radius 2 is 0.725 bits per heavy atom. The van der Waals surface area contributed by atoms with Crippen molar-refractivity contribution in [2.45, 2.75) is 0 Å². The molecule has 0 amide bonds. The van der Waals surface area contributed by atoms with Gasteiger partial charge < -0.3 is 4.42 Å². The zero-order valence-corrected chi connectivity index (χ0v) is 43.6. The SMILES string of the molecule is c1ccc2cc3c(cc2c1)c1ccccc1n3-c1nc2oc3ccccc3c2nc1-c1cccc2ccccc12.c1ccc2cc3c(cc2c1)c1ccccc1n3-c1nc2sc3ccccc3c2nc1-c1cccc2ccccc12. The van der Waals surface area contributed by atoms with Gasteiger partial charge in [0.15, 0.2) is 11.6 Å². The van der Waals surface area contributed by atoms with Gasteiger partial charge in [-0.25, -0.2) is 15.0 Å². The summed E-state index contributed by atoms with van der Waals surface area (Å²) in [5, 5.41) is 16.4.